The predicted octanol–water partition coefficient (Wildman–Crippen LogP) is 2.48. The van der Waals surface area contributed by atoms with Crippen molar-refractivity contribution < 1.29 is 9.90 Å². The summed E-state index contributed by atoms with van der Waals surface area (Å²) in [5.74, 6) is 0.233. The summed E-state index contributed by atoms with van der Waals surface area (Å²) in [7, 11) is 0. The number of hydrogen-bond acceptors (Lipinski definition) is 2. The van der Waals surface area contributed by atoms with E-state index in [0.717, 1.165) is 32.1 Å². The van der Waals surface area contributed by atoms with Crippen LogP contribution in [0.5, 0.6) is 0 Å². The summed E-state index contributed by atoms with van der Waals surface area (Å²) in [6.07, 6.45) is 4.79. The molecule has 0 spiro atoms. The van der Waals surface area contributed by atoms with Gasteiger partial charge in [-0.3, -0.25) is 4.79 Å². The Morgan fingerprint density at radius 2 is 2.00 bits per heavy atom. The van der Waals surface area contributed by atoms with Crippen LogP contribution in [0.15, 0.2) is 0 Å². The Kier molecular flexibility index (Phi) is 4.59. The van der Waals surface area contributed by atoms with Crippen LogP contribution in [0.25, 0.3) is 0 Å². The zero-order valence-electron chi connectivity index (χ0n) is 11.7. The van der Waals surface area contributed by atoms with E-state index in [0.29, 0.717) is 0 Å². The third kappa shape index (κ3) is 3.01. The lowest BCUT2D eigenvalue weighted by molar-refractivity contribution is -0.130. The topological polar surface area (TPSA) is 49.3 Å². The minimum atomic E-state index is -0.421. The van der Waals surface area contributed by atoms with Crippen LogP contribution in [0.4, 0.5) is 0 Å². The van der Waals surface area contributed by atoms with Crippen LogP contribution in [0, 0.1) is 11.3 Å². The highest BCUT2D eigenvalue weighted by molar-refractivity contribution is 5.80. The summed E-state index contributed by atoms with van der Waals surface area (Å²) in [6, 6.07) is 0. The molecule has 1 unspecified atom stereocenters. The molecule has 0 bridgehead atoms. The van der Waals surface area contributed by atoms with E-state index in [1.165, 1.54) is 0 Å². The van der Waals surface area contributed by atoms with E-state index in [-0.39, 0.29) is 23.8 Å². The zero-order valence-corrected chi connectivity index (χ0v) is 11.7. The van der Waals surface area contributed by atoms with E-state index < -0.39 is 5.54 Å². The third-order valence-electron chi connectivity index (χ3n) is 4.62. The molecular formula is C14H27NO2. The molecule has 3 nitrogen and oxygen atoms in total. The van der Waals surface area contributed by atoms with E-state index in [1.807, 2.05) is 13.8 Å². The fourth-order valence-corrected chi connectivity index (χ4v) is 2.85. The van der Waals surface area contributed by atoms with Gasteiger partial charge in [0.25, 0.3) is 0 Å². The summed E-state index contributed by atoms with van der Waals surface area (Å²) in [5.41, 5.74) is -0.317. The summed E-state index contributed by atoms with van der Waals surface area (Å²) in [6.45, 7) is 8.39. The van der Waals surface area contributed by atoms with Crippen LogP contribution in [-0.2, 0) is 4.79 Å². The fraction of sp³-hybridized carbons (Fsp3) is 0.929. The Morgan fingerprint density at radius 3 is 2.35 bits per heavy atom. The Labute approximate surface area is 105 Å². The first kappa shape index (κ1) is 14.5. The molecule has 0 saturated heterocycles. The third-order valence-corrected chi connectivity index (χ3v) is 4.62. The number of aliphatic hydroxyl groups excluding tert-OH is 1. The Balaban J connectivity index is 2.71. The highest BCUT2D eigenvalue weighted by atomic mass is 16.3. The van der Waals surface area contributed by atoms with Crippen molar-refractivity contribution in [3.63, 3.8) is 0 Å². The van der Waals surface area contributed by atoms with E-state index in [1.54, 1.807) is 0 Å². The number of carbonyl (C=O) groups is 1. The first-order valence-corrected chi connectivity index (χ1v) is 6.83. The summed E-state index contributed by atoms with van der Waals surface area (Å²) < 4.78 is 0. The van der Waals surface area contributed by atoms with Crippen LogP contribution in [0.2, 0.25) is 0 Å². The van der Waals surface area contributed by atoms with Gasteiger partial charge in [0.05, 0.1) is 12.1 Å². The maximum Gasteiger partial charge on any atom is 0.224 e. The monoisotopic (exact) mass is 241 g/mol. The highest BCUT2D eigenvalue weighted by Gasteiger charge is 2.41. The minimum absolute atomic E-state index is 0.0267. The maximum absolute atomic E-state index is 12.3. The summed E-state index contributed by atoms with van der Waals surface area (Å²) in [5, 5.41) is 12.6. The SMILES string of the molecule is CCC(CC)(CO)NC(=O)C1CCCC1(C)C. The van der Waals surface area contributed by atoms with Gasteiger partial charge in [0, 0.05) is 5.92 Å². The predicted molar refractivity (Wildman–Crippen MR) is 69.7 cm³/mol. The van der Waals surface area contributed by atoms with E-state index >= 15 is 0 Å². The van der Waals surface area contributed by atoms with Crippen LogP contribution >= 0.6 is 0 Å². The van der Waals surface area contributed by atoms with Gasteiger partial charge in [-0.15, -0.1) is 0 Å². The molecule has 1 rings (SSSR count). The number of rotatable bonds is 5. The molecule has 1 atom stereocenters. The molecular weight excluding hydrogens is 214 g/mol. The zero-order chi connectivity index (χ0) is 13.1. The van der Waals surface area contributed by atoms with Crippen molar-refractivity contribution >= 4 is 5.91 Å². The second-order valence-electron chi connectivity index (χ2n) is 6.07. The summed E-state index contributed by atoms with van der Waals surface area (Å²) >= 11 is 0. The molecule has 100 valence electrons. The van der Waals surface area contributed by atoms with Gasteiger partial charge in [-0.05, 0) is 31.1 Å². The van der Waals surface area contributed by atoms with E-state index in [9.17, 15) is 9.90 Å². The smallest absolute Gasteiger partial charge is 0.224 e. The Morgan fingerprint density at radius 1 is 1.41 bits per heavy atom. The van der Waals surface area contributed by atoms with Crippen LogP contribution in [0.1, 0.15) is 59.8 Å². The quantitative estimate of drug-likeness (QED) is 0.777. The van der Waals surface area contributed by atoms with Crippen LogP contribution < -0.4 is 5.32 Å². The van der Waals surface area contributed by atoms with Crippen molar-refractivity contribution in [2.75, 3.05) is 6.61 Å². The molecule has 17 heavy (non-hydrogen) atoms. The van der Waals surface area contributed by atoms with E-state index in [2.05, 4.69) is 19.2 Å². The molecule has 0 aliphatic heterocycles. The average molecular weight is 241 g/mol. The van der Waals surface area contributed by atoms with Crippen molar-refractivity contribution in [2.24, 2.45) is 11.3 Å². The highest BCUT2D eigenvalue weighted by Crippen LogP contribution is 2.42. The number of amides is 1. The fourth-order valence-electron chi connectivity index (χ4n) is 2.85. The van der Waals surface area contributed by atoms with Gasteiger partial charge in [0.1, 0.15) is 0 Å². The number of nitrogens with one attached hydrogen (secondary N) is 1. The lowest BCUT2D eigenvalue weighted by Gasteiger charge is -2.34. The number of carbonyl (C=O) groups excluding carboxylic acids is 1. The minimum Gasteiger partial charge on any atom is -0.394 e. The van der Waals surface area contributed by atoms with Crippen LogP contribution in [0.3, 0.4) is 0 Å². The van der Waals surface area contributed by atoms with Crippen molar-refractivity contribution in [3.05, 3.63) is 0 Å². The van der Waals surface area contributed by atoms with E-state index in [4.69, 9.17) is 0 Å². The maximum atomic E-state index is 12.3. The molecule has 1 aliphatic carbocycles. The summed E-state index contributed by atoms with van der Waals surface area (Å²) in [4.78, 5) is 12.3. The lowest BCUT2D eigenvalue weighted by Crippen LogP contribution is -2.53. The van der Waals surface area contributed by atoms with Crippen LogP contribution in [-0.4, -0.2) is 23.2 Å². The first-order valence-electron chi connectivity index (χ1n) is 6.83. The van der Waals surface area contributed by atoms with Gasteiger partial charge in [-0.2, -0.15) is 0 Å². The van der Waals surface area contributed by atoms with Crippen molar-refractivity contribution in [1.82, 2.24) is 5.32 Å². The number of aliphatic hydroxyl groups is 1. The molecule has 1 amide bonds. The first-order chi connectivity index (χ1) is 7.90. The van der Waals surface area contributed by atoms with Gasteiger partial charge >= 0.3 is 0 Å². The second-order valence-corrected chi connectivity index (χ2v) is 6.07. The molecule has 0 aromatic heterocycles. The molecule has 0 radical (unpaired) electrons. The molecule has 0 aromatic carbocycles. The van der Waals surface area contributed by atoms with Gasteiger partial charge in [0.2, 0.25) is 5.91 Å². The molecule has 1 fully saturated rings. The average Bonchev–Trinajstić information content (AvgIpc) is 2.66. The number of hydrogen-bond donors (Lipinski definition) is 2. The van der Waals surface area contributed by atoms with Gasteiger partial charge < -0.3 is 10.4 Å². The Bertz CT molecular complexity index is 261. The molecule has 1 saturated carbocycles. The lowest BCUT2D eigenvalue weighted by atomic mass is 9.80. The van der Waals surface area contributed by atoms with Crippen molar-refractivity contribution in [3.8, 4) is 0 Å². The molecule has 0 heterocycles. The Hall–Kier alpha value is -0.570. The molecule has 3 heteroatoms. The van der Waals surface area contributed by atoms with Gasteiger partial charge in [-0.25, -0.2) is 0 Å². The molecule has 0 aromatic rings. The molecule has 1 aliphatic rings. The van der Waals surface area contributed by atoms with Crippen molar-refractivity contribution in [1.29, 1.82) is 0 Å². The second kappa shape index (κ2) is 5.38. The van der Waals surface area contributed by atoms with Gasteiger partial charge in [0.15, 0.2) is 0 Å². The van der Waals surface area contributed by atoms with Gasteiger partial charge in [-0.1, -0.05) is 34.1 Å². The van der Waals surface area contributed by atoms with Crippen molar-refractivity contribution in [2.45, 2.75) is 65.3 Å². The largest absolute Gasteiger partial charge is 0.394 e. The molecule has 2 N–H and O–H groups in total. The standard InChI is InChI=1S/C14H27NO2/c1-5-14(6-2,10-16)15-12(17)11-8-7-9-13(11,3)4/h11,16H,5-10H2,1-4H3,(H,15,17). The normalized spacial score (nSPS) is 23.7.